The average molecular weight is 409 g/mol. The lowest BCUT2D eigenvalue weighted by atomic mass is 10.1. The second-order valence-electron chi connectivity index (χ2n) is 6.86. The predicted octanol–water partition coefficient (Wildman–Crippen LogP) is 3.05. The normalized spacial score (nSPS) is 15.2. The van der Waals surface area contributed by atoms with Crippen LogP contribution < -0.4 is 20.5 Å². The lowest BCUT2D eigenvalue weighted by Crippen LogP contribution is -2.26. The second kappa shape index (κ2) is 11.0. The van der Waals surface area contributed by atoms with Gasteiger partial charge in [0, 0.05) is 31.5 Å². The average Bonchev–Trinajstić information content (AvgIpc) is 2.77. The molecule has 0 aliphatic carbocycles. The van der Waals surface area contributed by atoms with E-state index in [-0.39, 0.29) is 11.9 Å². The Morgan fingerprint density at radius 3 is 2.67 bits per heavy atom. The number of amides is 1. The number of aliphatic imine (C=N–C) groups is 1. The molecule has 0 spiro atoms. The summed E-state index contributed by atoms with van der Waals surface area (Å²) in [5, 5.41) is 2.80. The summed E-state index contributed by atoms with van der Waals surface area (Å²) < 4.78 is 17.4. The molecule has 7 heteroatoms. The first kappa shape index (κ1) is 21.4. The zero-order valence-corrected chi connectivity index (χ0v) is 17.0. The molecule has 0 radical (unpaired) electrons. The number of ether oxygens (including phenoxy) is 3. The molecule has 1 amide bonds. The van der Waals surface area contributed by atoms with Crippen LogP contribution in [0.4, 0.5) is 0 Å². The highest BCUT2D eigenvalue weighted by Crippen LogP contribution is 2.27. The summed E-state index contributed by atoms with van der Waals surface area (Å²) >= 11 is 0. The molecule has 1 heterocycles. The van der Waals surface area contributed by atoms with Crippen LogP contribution in [0.3, 0.4) is 0 Å². The van der Waals surface area contributed by atoms with Crippen LogP contribution in [-0.4, -0.2) is 38.1 Å². The van der Waals surface area contributed by atoms with E-state index in [0.29, 0.717) is 36.9 Å². The van der Waals surface area contributed by atoms with Crippen LogP contribution in [0.1, 0.15) is 28.8 Å². The van der Waals surface area contributed by atoms with Crippen LogP contribution >= 0.6 is 0 Å². The van der Waals surface area contributed by atoms with Gasteiger partial charge in [-0.15, -0.1) is 0 Å². The van der Waals surface area contributed by atoms with Crippen LogP contribution in [0, 0.1) is 0 Å². The molecule has 0 saturated carbocycles. The van der Waals surface area contributed by atoms with Crippen molar-refractivity contribution < 1.29 is 19.0 Å². The van der Waals surface area contributed by atoms with Crippen LogP contribution in [0.15, 0.2) is 65.8 Å². The van der Waals surface area contributed by atoms with Gasteiger partial charge in [-0.1, -0.05) is 30.3 Å². The highest BCUT2D eigenvalue weighted by molar-refractivity contribution is 6.06. The molecule has 0 atom stereocenters. The molecule has 1 saturated heterocycles. The third-order valence-electron chi connectivity index (χ3n) is 4.50. The number of rotatable bonds is 8. The van der Waals surface area contributed by atoms with Gasteiger partial charge in [-0.25, -0.2) is 0 Å². The minimum atomic E-state index is -0.463. The second-order valence-corrected chi connectivity index (χ2v) is 6.86. The Morgan fingerprint density at radius 1 is 1.20 bits per heavy atom. The van der Waals surface area contributed by atoms with Crippen LogP contribution in [-0.2, 0) is 11.3 Å². The van der Waals surface area contributed by atoms with Crippen molar-refractivity contribution in [3.05, 3.63) is 71.9 Å². The van der Waals surface area contributed by atoms with Gasteiger partial charge in [0.1, 0.15) is 30.0 Å². The molecule has 30 heavy (non-hydrogen) atoms. The molecule has 3 rings (SSSR count). The van der Waals surface area contributed by atoms with Gasteiger partial charge in [0.25, 0.3) is 5.91 Å². The molecule has 1 aliphatic heterocycles. The fourth-order valence-electron chi connectivity index (χ4n) is 2.96. The predicted molar refractivity (Wildman–Crippen MR) is 116 cm³/mol. The first-order chi connectivity index (χ1) is 14.6. The number of hydrogen-bond acceptors (Lipinski definition) is 5. The number of amidine groups is 1. The summed E-state index contributed by atoms with van der Waals surface area (Å²) in [4.78, 5) is 16.6. The minimum absolute atomic E-state index is 0.0400. The number of carbonyl (C=O) groups excluding carboxylic acids is 1. The van der Waals surface area contributed by atoms with E-state index in [2.05, 4.69) is 10.3 Å². The first-order valence-corrected chi connectivity index (χ1v) is 9.92. The van der Waals surface area contributed by atoms with Crippen LogP contribution in [0.2, 0.25) is 0 Å². The maximum absolute atomic E-state index is 12.6. The van der Waals surface area contributed by atoms with E-state index in [9.17, 15) is 4.79 Å². The summed E-state index contributed by atoms with van der Waals surface area (Å²) in [5.41, 5.74) is 7.16. The fourth-order valence-corrected chi connectivity index (χ4v) is 2.96. The van der Waals surface area contributed by atoms with Gasteiger partial charge in [0.15, 0.2) is 0 Å². The molecule has 2 aromatic rings. The molecule has 1 fully saturated rings. The third-order valence-corrected chi connectivity index (χ3v) is 4.50. The molecule has 3 N–H and O–H groups in total. The molecule has 1 aliphatic rings. The quantitative estimate of drug-likeness (QED) is 0.514. The molecule has 0 unspecified atom stereocenters. The van der Waals surface area contributed by atoms with E-state index >= 15 is 0 Å². The zero-order chi connectivity index (χ0) is 21.2. The van der Waals surface area contributed by atoms with Crippen LogP contribution in [0.5, 0.6) is 11.5 Å². The Morgan fingerprint density at radius 2 is 1.93 bits per heavy atom. The molecular weight excluding hydrogens is 382 g/mol. The maximum Gasteiger partial charge on any atom is 0.279 e. The van der Waals surface area contributed by atoms with Gasteiger partial charge in [-0.2, -0.15) is 4.99 Å². The minimum Gasteiger partial charge on any atom is -0.490 e. The third kappa shape index (κ3) is 6.63. The van der Waals surface area contributed by atoms with E-state index in [1.165, 1.54) is 6.08 Å². The molecule has 2 aromatic carbocycles. The van der Waals surface area contributed by atoms with Gasteiger partial charge < -0.3 is 25.3 Å². The maximum atomic E-state index is 12.6. The topological polar surface area (TPSA) is 95.2 Å². The van der Waals surface area contributed by atoms with Crippen LogP contribution in [0.25, 0.3) is 0 Å². The van der Waals surface area contributed by atoms with Crippen molar-refractivity contribution in [1.29, 1.82) is 0 Å². The van der Waals surface area contributed by atoms with Gasteiger partial charge in [-0.05, 0) is 30.0 Å². The molecule has 7 nitrogen and oxygen atoms in total. The molecule has 158 valence electrons. The van der Waals surface area contributed by atoms with E-state index in [4.69, 9.17) is 19.9 Å². The highest BCUT2D eigenvalue weighted by atomic mass is 16.5. The van der Waals surface area contributed by atoms with Gasteiger partial charge in [0.05, 0.1) is 13.2 Å². The van der Waals surface area contributed by atoms with Crippen molar-refractivity contribution in [2.75, 3.05) is 20.3 Å². The SMILES string of the molecule is CN/C=C\C(N)=NC(=O)c1cc(OCc2ccccc2)cc(OC2CCOCC2)c1. The first-order valence-electron chi connectivity index (χ1n) is 9.92. The van der Waals surface area contributed by atoms with E-state index in [1.807, 2.05) is 30.3 Å². The Balaban J connectivity index is 1.81. The Labute approximate surface area is 176 Å². The summed E-state index contributed by atoms with van der Waals surface area (Å²) in [6.07, 6.45) is 4.77. The fraction of sp³-hybridized carbons (Fsp3) is 0.304. The number of carbonyl (C=O) groups is 1. The molecular formula is C23H27N3O4. The number of hydrogen-bond donors (Lipinski definition) is 2. The van der Waals surface area contributed by atoms with Crippen molar-refractivity contribution in [3.8, 4) is 11.5 Å². The van der Waals surface area contributed by atoms with Crippen molar-refractivity contribution in [3.63, 3.8) is 0 Å². The smallest absolute Gasteiger partial charge is 0.279 e. The summed E-state index contributed by atoms with van der Waals surface area (Å²) in [6, 6.07) is 14.9. The van der Waals surface area contributed by atoms with E-state index < -0.39 is 5.91 Å². The number of benzene rings is 2. The molecule has 0 bridgehead atoms. The lowest BCUT2D eigenvalue weighted by Gasteiger charge is -2.23. The largest absolute Gasteiger partial charge is 0.490 e. The molecule has 0 aromatic heterocycles. The summed E-state index contributed by atoms with van der Waals surface area (Å²) in [7, 11) is 1.74. The van der Waals surface area contributed by atoms with Gasteiger partial charge in [-0.3, -0.25) is 4.79 Å². The Hall–Kier alpha value is -3.32. The summed E-state index contributed by atoms with van der Waals surface area (Å²) in [6.45, 7) is 1.71. The Kier molecular flexibility index (Phi) is 7.86. The van der Waals surface area contributed by atoms with Crippen molar-refractivity contribution in [1.82, 2.24) is 5.32 Å². The standard InChI is InChI=1S/C23H27N3O4/c1-25-10-7-22(24)26-23(27)18-13-20(29-16-17-5-3-2-4-6-17)15-21(14-18)30-19-8-11-28-12-9-19/h2-7,10,13-15,19,25H,8-9,11-12,16H2,1H3,(H2,24,26,27)/b10-7-. The van der Waals surface area contributed by atoms with Crippen molar-refractivity contribution in [2.45, 2.75) is 25.6 Å². The summed E-state index contributed by atoms with van der Waals surface area (Å²) in [5.74, 6) is 0.744. The number of nitrogens with one attached hydrogen (secondary N) is 1. The number of nitrogens with two attached hydrogens (primary N) is 1. The zero-order valence-electron chi connectivity index (χ0n) is 17.0. The van der Waals surface area contributed by atoms with E-state index in [0.717, 1.165) is 18.4 Å². The Bertz CT molecular complexity index is 891. The van der Waals surface area contributed by atoms with Gasteiger partial charge >= 0.3 is 0 Å². The lowest BCUT2D eigenvalue weighted by molar-refractivity contribution is 0.0254. The van der Waals surface area contributed by atoms with Gasteiger partial charge in [0.2, 0.25) is 0 Å². The number of nitrogens with zero attached hydrogens (tertiary/aromatic N) is 1. The van der Waals surface area contributed by atoms with Crippen molar-refractivity contribution in [2.24, 2.45) is 10.7 Å². The monoisotopic (exact) mass is 409 g/mol. The van der Waals surface area contributed by atoms with E-state index in [1.54, 1.807) is 31.4 Å². The highest BCUT2D eigenvalue weighted by Gasteiger charge is 2.17. The van der Waals surface area contributed by atoms with Crippen molar-refractivity contribution >= 4 is 11.7 Å².